The smallest absolute Gasteiger partial charge is 0.272 e. The highest BCUT2D eigenvalue weighted by atomic mass is 35.5. The number of aromatic nitrogens is 2. The second-order valence-corrected chi connectivity index (χ2v) is 7.74. The van der Waals surface area contributed by atoms with E-state index < -0.39 is 0 Å². The van der Waals surface area contributed by atoms with Gasteiger partial charge in [0.1, 0.15) is 0 Å². The standard InChI is InChI=1S/C19H23ClN4O.ClH/c20-14-5-2-6-16(11-14)24-8-7-17(23-24)19(25)22-18-12-3-1-4-13(18)10-15(21)9-12;/h2,5-8,11-13,15,18H,1,3-4,9-10,21H2,(H,22,25);1H. The lowest BCUT2D eigenvalue weighted by molar-refractivity contribution is 0.0751. The quantitative estimate of drug-likeness (QED) is 0.835. The van der Waals surface area contributed by atoms with Crippen LogP contribution in [0.4, 0.5) is 0 Å². The van der Waals surface area contributed by atoms with Gasteiger partial charge in [0.2, 0.25) is 0 Å². The van der Waals surface area contributed by atoms with Gasteiger partial charge >= 0.3 is 0 Å². The van der Waals surface area contributed by atoms with Crippen molar-refractivity contribution in [1.29, 1.82) is 0 Å². The molecule has 3 N–H and O–H groups in total. The van der Waals surface area contributed by atoms with Crippen LogP contribution in [0.5, 0.6) is 0 Å². The molecule has 0 spiro atoms. The fourth-order valence-electron chi connectivity index (χ4n) is 4.46. The van der Waals surface area contributed by atoms with Crippen LogP contribution in [0.3, 0.4) is 0 Å². The van der Waals surface area contributed by atoms with Crippen molar-refractivity contribution in [3.8, 4) is 5.69 Å². The van der Waals surface area contributed by atoms with Gasteiger partial charge in [-0.25, -0.2) is 4.68 Å². The predicted molar refractivity (Wildman–Crippen MR) is 105 cm³/mol. The van der Waals surface area contributed by atoms with E-state index in [1.54, 1.807) is 16.9 Å². The summed E-state index contributed by atoms with van der Waals surface area (Å²) in [5.41, 5.74) is 7.45. The Morgan fingerprint density at radius 2 is 1.96 bits per heavy atom. The number of carbonyl (C=O) groups excluding carboxylic acids is 1. The van der Waals surface area contributed by atoms with Gasteiger partial charge in [0, 0.05) is 23.3 Å². The fourth-order valence-corrected chi connectivity index (χ4v) is 4.64. The van der Waals surface area contributed by atoms with Crippen molar-refractivity contribution in [3.05, 3.63) is 47.2 Å². The van der Waals surface area contributed by atoms with Crippen molar-refractivity contribution in [2.24, 2.45) is 17.6 Å². The minimum absolute atomic E-state index is 0. The minimum Gasteiger partial charge on any atom is -0.347 e. The molecule has 0 radical (unpaired) electrons. The Labute approximate surface area is 164 Å². The summed E-state index contributed by atoms with van der Waals surface area (Å²) < 4.78 is 1.68. The molecule has 2 aliphatic rings. The predicted octanol–water partition coefficient (Wildman–Crippen LogP) is 3.58. The van der Waals surface area contributed by atoms with Crippen molar-refractivity contribution >= 4 is 29.9 Å². The first-order valence-electron chi connectivity index (χ1n) is 8.98. The molecule has 140 valence electrons. The first kappa shape index (κ1) is 19.2. The van der Waals surface area contributed by atoms with E-state index in [2.05, 4.69) is 10.4 Å². The summed E-state index contributed by atoms with van der Waals surface area (Å²) in [5.74, 6) is 0.904. The molecule has 0 aliphatic heterocycles. The van der Waals surface area contributed by atoms with Gasteiger partial charge in [0.25, 0.3) is 5.91 Å². The van der Waals surface area contributed by atoms with Crippen LogP contribution in [-0.2, 0) is 0 Å². The van der Waals surface area contributed by atoms with E-state index in [4.69, 9.17) is 17.3 Å². The molecule has 0 saturated heterocycles. The SMILES string of the molecule is Cl.NC1CC2CCCC(C1)C2NC(=O)c1ccn(-c2cccc(Cl)c2)n1. The van der Waals surface area contributed by atoms with Gasteiger partial charge < -0.3 is 11.1 Å². The Bertz CT molecular complexity index is 764. The molecular formula is C19H24Cl2N4O. The molecule has 5 nitrogen and oxygen atoms in total. The Morgan fingerprint density at radius 1 is 1.23 bits per heavy atom. The van der Waals surface area contributed by atoms with Crippen LogP contribution in [0.2, 0.25) is 5.02 Å². The van der Waals surface area contributed by atoms with Gasteiger partial charge in [0.15, 0.2) is 5.69 Å². The normalized spacial score (nSPS) is 27.5. The molecule has 2 aromatic rings. The number of hydrogen-bond donors (Lipinski definition) is 2. The molecule has 1 aromatic carbocycles. The average molecular weight is 395 g/mol. The average Bonchev–Trinajstić information content (AvgIpc) is 3.06. The summed E-state index contributed by atoms with van der Waals surface area (Å²) in [4.78, 5) is 12.7. The summed E-state index contributed by atoms with van der Waals surface area (Å²) in [5, 5.41) is 8.30. The van der Waals surface area contributed by atoms with Crippen molar-refractivity contribution in [1.82, 2.24) is 15.1 Å². The van der Waals surface area contributed by atoms with Gasteiger partial charge in [-0.2, -0.15) is 5.10 Å². The van der Waals surface area contributed by atoms with E-state index in [1.165, 1.54) is 6.42 Å². The number of carbonyl (C=O) groups is 1. The Morgan fingerprint density at radius 3 is 2.65 bits per heavy atom. The maximum Gasteiger partial charge on any atom is 0.272 e. The third kappa shape index (κ3) is 3.90. The molecule has 1 aromatic heterocycles. The Balaban J connectivity index is 0.00000196. The molecule has 2 unspecified atom stereocenters. The summed E-state index contributed by atoms with van der Waals surface area (Å²) in [6.07, 6.45) is 7.38. The number of nitrogens with one attached hydrogen (secondary N) is 1. The molecular weight excluding hydrogens is 371 g/mol. The number of nitrogens with two attached hydrogens (primary N) is 1. The van der Waals surface area contributed by atoms with E-state index in [9.17, 15) is 4.79 Å². The molecule has 2 fully saturated rings. The second kappa shape index (κ2) is 7.99. The first-order valence-corrected chi connectivity index (χ1v) is 9.36. The Kier molecular flexibility index (Phi) is 5.90. The van der Waals surface area contributed by atoms with E-state index in [0.29, 0.717) is 22.6 Å². The molecule has 2 atom stereocenters. The minimum atomic E-state index is -0.0989. The maximum atomic E-state index is 12.7. The van der Waals surface area contributed by atoms with E-state index in [-0.39, 0.29) is 30.4 Å². The fraction of sp³-hybridized carbons (Fsp3) is 0.474. The zero-order chi connectivity index (χ0) is 17.4. The van der Waals surface area contributed by atoms with Gasteiger partial charge in [0.05, 0.1) is 5.69 Å². The number of halogens is 2. The van der Waals surface area contributed by atoms with Crippen LogP contribution in [0, 0.1) is 11.8 Å². The van der Waals surface area contributed by atoms with Crippen LogP contribution >= 0.6 is 24.0 Å². The molecule has 26 heavy (non-hydrogen) atoms. The van der Waals surface area contributed by atoms with E-state index >= 15 is 0 Å². The van der Waals surface area contributed by atoms with Crippen molar-refractivity contribution < 1.29 is 4.79 Å². The van der Waals surface area contributed by atoms with Gasteiger partial charge in [-0.1, -0.05) is 24.1 Å². The summed E-state index contributed by atoms with van der Waals surface area (Å²) in [6, 6.07) is 9.68. The van der Waals surface area contributed by atoms with Crippen LogP contribution in [0.1, 0.15) is 42.6 Å². The van der Waals surface area contributed by atoms with Crippen LogP contribution in [-0.4, -0.2) is 27.8 Å². The first-order chi connectivity index (χ1) is 12.1. The lowest BCUT2D eigenvalue weighted by atomic mass is 9.67. The molecule has 7 heteroatoms. The highest BCUT2D eigenvalue weighted by Crippen LogP contribution is 2.39. The molecule has 4 rings (SSSR count). The van der Waals surface area contributed by atoms with Gasteiger partial charge in [-0.05, 0) is 61.8 Å². The molecule has 2 bridgehead atoms. The summed E-state index contributed by atoms with van der Waals surface area (Å²) in [6.45, 7) is 0. The number of fused-ring (bicyclic) bond motifs is 2. The molecule has 1 heterocycles. The number of nitrogens with zero attached hydrogens (tertiary/aromatic N) is 2. The Hall–Kier alpha value is -1.56. The topological polar surface area (TPSA) is 72.9 Å². The highest BCUT2D eigenvalue weighted by Gasteiger charge is 2.40. The van der Waals surface area contributed by atoms with E-state index in [1.807, 2.05) is 24.3 Å². The lowest BCUT2D eigenvalue weighted by Gasteiger charge is -2.45. The maximum absolute atomic E-state index is 12.7. The van der Waals surface area contributed by atoms with Gasteiger partial charge in [-0.3, -0.25) is 4.79 Å². The third-order valence-electron chi connectivity index (χ3n) is 5.57. The van der Waals surface area contributed by atoms with E-state index in [0.717, 1.165) is 31.4 Å². The number of hydrogen-bond acceptors (Lipinski definition) is 3. The molecule has 2 saturated carbocycles. The zero-order valence-corrected chi connectivity index (χ0v) is 16.0. The summed E-state index contributed by atoms with van der Waals surface area (Å²) in [7, 11) is 0. The van der Waals surface area contributed by atoms with Crippen molar-refractivity contribution in [2.75, 3.05) is 0 Å². The number of benzene rings is 1. The zero-order valence-electron chi connectivity index (χ0n) is 14.5. The van der Waals surface area contributed by atoms with Crippen LogP contribution < -0.4 is 11.1 Å². The van der Waals surface area contributed by atoms with Crippen molar-refractivity contribution in [2.45, 2.75) is 44.2 Å². The highest BCUT2D eigenvalue weighted by molar-refractivity contribution is 6.30. The number of rotatable bonds is 3. The second-order valence-electron chi connectivity index (χ2n) is 7.31. The molecule has 1 amide bonds. The third-order valence-corrected chi connectivity index (χ3v) is 5.80. The summed E-state index contributed by atoms with van der Waals surface area (Å²) >= 11 is 6.03. The van der Waals surface area contributed by atoms with Crippen molar-refractivity contribution in [3.63, 3.8) is 0 Å². The van der Waals surface area contributed by atoms with Crippen LogP contribution in [0.15, 0.2) is 36.5 Å². The largest absolute Gasteiger partial charge is 0.347 e. The lowest BCUT2D eigenvalue weighted by Crippen LogP contribution is -2.53. The molecule has 2 aliphatic carbocycles. The number of amides is 1. The van der Waals surface area contributed by atoms with Gasteiger partial charge in [-0.15, -0.1) is 12.4 Å². The monoisotopic (exact) mass is 394 g/mol. The van der Waals surface area contributed by atoms with Crippen LogP contribution in [0.25, 0.3) is 5.69 Å².